The third kappa shape index (κ3) is 2.51. The van der Waals surface area contributed by atoms with Crippen LogP contribution in [0, 0.1) is 23.7 Å². The average Bonchev–Trinajstić information content (AvgIpc) is 3.13. The molecule has 1 aromatic rings. The van der Waals surface area contributed by atoms with Crippen molar-refractivity contribution < 1.29 is 13.2 Å². The molecule has 1 fully saturated rings. The maximum atomic E-state index is 12.4. The van der Waals surface area contributed by atoms with E-state index in [9.17, 15) is 13.7 Å². The molecular weight excluding hydrogens is 262 g/mol. The predicted molar refractivity (Wildman–Crippen MR) is 71.3 cm³/mol. The van der Waals surface area contributed by atoms with Crippen LogP contribution >= 0.6 is 0 Å². The van der Waals surface area contributed by atoms with Crippen molar-refractivity contribution in [3.63, 3.8) is 0 Å². The highest BCUT2D eigenvalue weighted by atomic mass is 32.2. The first-order valence-electron chi connectivity index (χ1n) is 6.26. The van der Waals surface area contributed by atoms with E-state index in [1.807, 2.05) is 13.8 Å². The van der Waals surface area contributed by atoms with Crippen LogP contribution in [-0.4, -0.2) is 26.9 Å². The molecule has 0 heterocycles. The molecule has 1 aliphatic carbocycles. The van der Waals surface area contributed by atoms with Gasteiger partial charge in [-0.15, -0.1) is 0 Å². The van der Waals surface area contributed by atoms with E-state index in [4.69, 9.17) is 4.74 Å². The zero-order valence-corrected chi connectivity index (χ0v) is 11.9. The standard InChI is InChI=1S/C14H17NO3S/c1-3-18-10-14(9-15)8-13(14)19(16,17)12-6-4-11(2)5-7-12/h4-7,13H,3,8,10H2,1-2H3/t13-,14-/m0/s1. The maximum absolute atomic E-state index is 12.4. The zero-order valence-electron chi connectivity index (χ0n) is 11.1. The first-order chi connectivity index (χ1) is 8.96. The molecule has 19 heavy (non-hydrogen) atoms. The van der Waals surface area contributed by atoms with Crippen LogP contribution in [0.25, 0.3) is 0 Å². The molecule has 0 radical (unpaired) electrons. The average molecular weight is 279 g/mol. The summed E-state index contributed by atoms with van der Waals surface area (Å²) in [5, 5.41) is 8.57. The highest BCUT2D eigenvalue weighted by Gasteiger charge is 2.62. The minimum Gasteiger partial charge on any atom is -0.380 e. The van der Waals surface area contributed by atoms with Crippen molar-refractivity contribution in [1.29, 1.82) is 5.26 Å². The number of nitrogens with zero attached hydrogens (tertiary/aromatic N) is 1. The predicted octanol–water partition coefficient (Wildman–Crippen LogP) is 2.09. The highest BCUT2D eigenvalue weighted by molar-refractivity contribution is 7.92. The second kappa shape index (κ2) is 4.95. The lowest BCUT2D eigenvalue weighted by atomic mass is 10.1. The second-order valence-corrected chi connectivity index (χ2v) is 7.09. The van der Waals surface area contributed by atoms with E-state index < -0.39 is 20.5 Å². The normalized spacial score (nSPS) is 25.8. The summed E-state index contributed by atoms with van der Waals surface area (Å²) in [5.41, 5.74) is 0.148. The SMILES string of the molecule is CCOC[C@@]1(C#N)C[C@@H]1S(=O)(=O)c1ccc(C)cc1. The Balaban J connectivity index is 2.23. The van der Waals surface area contributed by atoms with E-state index in [1.165, 1.54) is 0 Å². The highest BCUT2D eigenvalue weighted by Crippen LogP contribution is 2.52. The maximum Gasteiger partial charge on any atom is 0.182 e. The van der Waals surface area contributed by atoms with Crippen LogP contribution in [0.4, 0.5) is 0 Å². The molecule has 102 valence electrons. The third-order valence-electron chi connectivity index (χ3n) is 3.52. The Kier molecular flexibility index (Phi) is 3.66. The lowest BCUT2D eigenvalue weighted by Gasteiger charge is -2.09. The molecule has 1 aliphatic rings. The lowest BCUT2D eigenvalue weighted by Crippen LogP contribution is -2.19. The number of rotatable bonds is 5. The summed E-state index contributed by atoms with van der Waals surface area (Å²) in [6.07, 6.45) is 0.361. The van der Waals surface area contributed by atoms with Gasteiger partial charge in [0.25, 0.3) is 0 Å². The molecule has 0 spiro atoms. The van der Waals surface area contributed by atoms with Gasteiger partial charge in [0.1, 0.15) is 0 Å². The summed E-state index contributed by atoms with van der Waals surface area (Å²) >= 11 is 0. The fourth-order valence-electron chi connectivity index (χ4n) is 2.16. The summed E-state index contributed by atoms with van der Waals surface area (Å²) < 4.78 is 30.1. The van der Waals surface area contributed by atoms with Crippen LogP contribution in [-0.2, 0) is 14.6 Å². The fourth-order valence-corrected chi connectivity index (χ4v) is 4.23. The van der Waals surface area contributed by atoms with Gasteiger partial charge in [-0.25, -0.2) is 8.42 Å². The fraction of sp³-hybridized carbons (Fsp3) is 0.500. The van der Waals surface area contributed by atoms with E-state index in [1.54, 1.807) is 24.3 Å². The van der Waals surface area contributed by atoms with Crippen molar-refractivity contribution in [2.75, 3.05) is 13.2 Å². The van der Waals surface area contributed by atoms with Crippen LogP contribution in [0.2, 0.25) is 0 Å². The van der Waals surface area contributed by atoms with Gasteiger partial charge in [0, 0.05) is 6.61 Å². The molecule has 2 rings (SSSR count). The van der Waals surface area contributed by atoms with Crippen LogP contribution < -0.4 is 0 Å². The van der Waals surface area contributed by atoms with Crippen molar-refractivity contribution in [1.82, 2.24) is 0 Å². The molecule has 5 heteroatoms. The Labute approximate surface area is 113 Å². The summed E-state index contributed by atoms with van der Waals surface area (Å²) in [6, 6.07) is 8.87. The molecule has 4 nitrogen and oxygen atoms in total. The zero-order chi connectivity index (χ0) is 14.1. The second-order valence-electron chi connectivity index (χ2n) is 4.96. The Hall–Kier alpha value is -1.38. The largest absolute Gasteiger partial charge is 0.380 e. The third-order valence-corrected chi connectivity index (χ3v) is 5.81. The van der Waals surface area contributed by atoms with Crippen LogP contribution in [0.15, 0.2) is 29.2 Å². The van der Waals surface area contributed by atoms with Gasteiger partial charge in [-0.2, -0.15) is 5.26 Å². The molecule has 1 aromatic carbocycles. The lowest BCUT2D eigenvalue weighted by molar-refractivity contribution is 0.119. The van der Waals surface area contributed by atoms with Crippen molar-refractivity contribution >= 4 is 9.84 Å². The first-order valence-corrected chi connectivity index (χ1v) is 7.80. The van der Waals surface area contributed by atoms with Gasteiger partial charge < -0.3 is 4.74 Å². The van der Waals surface area contributed by atoms with Gasteiger partial charge in [0.2, 0.25) is 0 Å². The Morgan fingerprint density at radius 1 is 1.42 bits per heavy atom. The van der Waals surface area contributed by atoms with Crippen LogP contribution in [0.1, 0.15) is 18.9 Å². The molecule has 0 amide bonds. The first kappa shape index (κ1) is 14.0. The van der Waals surface area contributed by atoms with E-state index >= 15 is 0 Å². The molecule has 0 N–H and O–H groups in total. The topological polar surface area (TPSA) is 67.2 Å². The Morgan fingerprint density at radius 2 is 2.05 bits per heavy atom. The Bertz CT molecular complexity index is 601. The van der Waals surface area contributed by atoms with Crippen molar-refractivity contribution in [2.24, 2.45) is 5.41 Å². The van der Waals surface area contributed by atoms with Crippen LogP contribution in [0.3, 0.4) is 0 Å². The molecular formula is C14H17NO3S. The van der Waals surface area contributed by atoms with Gasteiger partial charge in [0.15, 0.2) is 9.84 Å². The van der Waals surface area contributed by atoms with E-state index in [-0.39, 0.29) is 11.5 Å². The number of aryl methyl sites for hydroxylation is 1. The summed E-state index contributed by atoms with van der Waals surface area (Å²) in [6.45, 7) is 4.41. The number of sulfone groups is 1. The number of ether oxygens (including phenoxy) is 1. The molecule has 2 atom stereocenters. The number of hydrogen-bond acceptors (Lipinski definition) is 4. The van der Waals surface area contributed by atoms with Crippen molar-refractivity contribution in [2.45, 2.75) is 30.4 Å². The van der Waals surface area contributed by atoms with Gasteiger partial charge in [-0.3, -0.25) is 0 Å². The summed E-state index contributed by atoms with van der Waals surface area (Å²) in [7, 11) is -3.44. The van der Waals surface area contributed by atoms with Gasteiger partial charge in [0.05, 0.1) is 28.2 Å². The van der Waals surface area contributed by atoms with Crippen molar-refractivity contribution in [3.05, 3.63) is 29.8 Å². The quantitative estimate of drug-likeness (QED) is 0.827. The van der Waals surface area contributed by atoms with Gasteiger partial charge in [-0.05, 0) is 32.4 Å². The number of hydrogen-bond donors (Lipinski definition) is 0. The monoisotopic (exact) mass is 279 g/mol. The number of benzene rings is 1. The summed E-state index contributed by atoms with van der Waals surface area (Å²) in [4.78, 5) is 0.289. The minimum atomic E-state index is -3.44. The molecule has 0 bridgehead atoms. The molecule has 0 saturated heterocycles. The van der Waals surface area contributed by atoms with Gasteiger partial charge in [-0.1, -0.05) is 17.7 Å². The van der Waals surface area contributed by atoms with Gasteiger partial charge >= 0.3 is 0 Å². The smallest absolute Gasteiger partial charge is 0.182 e. The number of nitriles is 1. The molecule has 0 aromatic heterocycles. The van der Waals surface area contributed by atoms with Crippen molar-refractivity contribution in [3.8, 4) is 6.07 Å². The summed E-state index contributed by atoms with van der Waals surface area (Å²) in [5.74, 6) is 0. The van der Waals surface area contributed by atoms with Crippen LogP contribution in [0.5, 0.6) is 0 Å². The molecule has 0 unspecified atom stereocenters. The van der Waals surface area contributed by atoms with E-state index in [0.29, 0.717) is 13.0 Å². The minimum absolute atomic E-state index is 0.190. The molecule has 0 aliphatic heterocycles. The molecule has 1 saturated carbocycles. The van der Waals surface area contributed by atoms with E-state index in [0.717, 1.165) is 5.56 Å². The Morgan fingerprint density at radius 3 is 2.58 bits per heavy atom. The van der Waals surface area contributed by atoms with E-state index in [2.05, 4.69) is 6.07 Å².